The molecule has 0 aromatic heterocycles. The quantitative estimate of drug-likeness (QED) is 0.154. The van der Waals surface area contributed by atoms with E-state index in [4.69, 9.17) is 14.2 Å². The Morgan fingerprint density at radius 1 is 0.462 bits per heavy atom. The average molecular weight is 531 g/mol. The first-order valence-corrected chi connectivity index (χ1v) is 11.5. The maximum atomic E-state index is 11.5. The summed E-state index contributed by atoms with van der Waals surface area (Å²) in [5.74, 6) is 0.395. The number of benzene rings is 4. The Kier molecular flexibility index (Phi) is 8.27. The normalized spacial score (nSPS) is 10.5. The van der Waals surface area contributed by atoms with Gasteiger partial charge in [0.15, 0.2) is 11.5 Å². The molecule has 0 aliphatic rings. The van der Waals surface area contributed by atoms with Crippen molar-refractivity contribution in [3.63, 3.8) is 0 Å². The highest BCUT2D eigenvalue weighted by Gasteiger charge is 2.20. The number of para-hydroxylation sites is 4. The van der Waals surface area contributed by atoms with Crippen molar-refractivity contribution in [2.45, 2.75) is 19.8 Å². The maximum Gasteiger partial charge on any atom is 0.276 e. The molecular formula is C27H21N3O9. The zero-order valence-corrected chi connectivity index (χ0v) is 20.3. The monoisotopic (exact) mass is 531 g/mol. The van der Waals surface area contributed by atoms with Gasteiger partial charge in [0.2, 0.25) is 5.75 Å². The predicted molar refractivity (Wildman–Crippen MR) is 139 cm³/mol. The SMILES string of the molecule is O=[N+]([O-])c1ccccc1COc1cccc(OCc2ccccc2[N+](=O)[O-])c1OCc1ccccc1[N+](=O)[O-]. The molecule has 0 saturated heterocycles. The molecule has 0 radical (unpaired) electrons. The summed E-state index contributed by atoms with van der Waals surface area (Å²) in [7, 11) is 0. The van der Waals surface area contributed by atoms with Crippen LogP contribution in [-0.4, -0.2) is 14.8 Å². The van der Waals surface area contributed by atoms with Crippen LogP contribution in [0.3, 0.4) is 0 Å². The summed E-state index contributed by atoms with van der Waals surface area (Å²) in [6.07, 6.45) is 0. The van der Waals surface area contributed by atoms with Crippen LogP contribution in [-0.2, 0) is 19.8 Å². The van der Waals surface area contributed by atoms with E-state index in [0.29, 0.717) is 16.7 Å². The van der Waals surface area contributed by atoms with Crippen LogP contribution in [0.5, 0.6) is 17.2 Å². The van der Waals surface area contributed by atoms with E-state index < -0.39 is 14.8 Å². The van der Waals surface area contributed by atoms with E-state index >= 15 is 0 Å². The lowest BCUT2D eigenvalue weighted by atomic mass is 10.2. The molecule has 4 aromatic carbocycles. The lowest BCUT2D eigenvalue weighted by molar-refractivity contribution is -0.386. The fraction of sp³-hybridized carbons (Fsp3) is 0.111. The molecule has 0 bridgehead atoms. The molecule has 12 heteroatoms. The summed E-state index contributed by atoms with van der Waals surface area (Å²) in [5, 5.41) is 34.2. The highest BCUT2D eigenvalue weighted by atomic mass is 16.6. The van der Waals surface area contributed by atoms with Gasteiger partial charge in [-0.2, -0.15) is 0 Å². The molecule has 0 fully saturated rings. The molecule has 39 heavy (non-hydrogen) atoms. The van der Waals surface area contributed by atoms with Crippen LogP contribution in [0.1, 0.15) is 16.7 Å². The fourth-order valence-electron chi connectivity index (χ4n) is 3.76. The number of nitro groups is 3. The Bertz CT molecular complexity index is 1440. The zero-order valence-electron chi connectivity index (χ0n) is 20.3. The van der Waals surface area contributed by atoms with Crippen LogP contribution in [0.4, 0.5) is 17.1 Å². The number of rotatable bonds is 12. The molecule has 0 heterocycles. The van der Waals surface area contributed by atoms with Crippen molar-refractivity contribution in [2.75, 3.05) is 0 Å². The second-order valence-corrected chi connectivity index (χ2v) is 8.11. The first-order chi connectivity index (χ1) is 18.8. The zero-order chi connectivity index (χ0) is 27.8. The summed E-state index contributed by atoms with van der Waals surface area (Å²) in [6.45, 7) is -0.565. The molecule has 0 spiro atoms. The van der Waals surface area contributed by atoms with Gasteiger partial charge in [0.1, 0.15) is 19.8 Å². The maximum absolute atomic E-state index is 11.5. The third-order valence-corrected chi connectivity index (χ3v) is 5.65. The van der Waals surface area contributed by atoms with E-state index in [1.807, 2.05) is 0 Å². The van der Waals surface area contributed by atoms with Gasteiger partial charge in [0, 0.05) is 18.2 Å². The van der Waals surface area contributed by atoms with Crippen LogP contribution >= 0.6 is 0 Å². The van der Waals surface area contributed by atoms with Gasteiger partial charge in [-0.1, -0.05) is 42.5 Å². The van der Waals surface area contributed by atoms with Crippen molar-refractivity contribution >= 4 is 17.1 Å². The van der Waals surface area contributed by atoms with Gasteiger partial charge in [-0.05, 0) is 30.3 Å². The third-order valence-electron chi connectivity index (χ3n) is 5.65. The minimum Gasteiger partial charge on any atom is -0.485 e. The van der Waals surface area contributed by atoms with Crippen molar-refractivity contribution in [3.05, 3.63) is 138 Å². The highest BCUT2D eigenvalue weighted by molar-refractivity contribution is 5.52. The Balaban J connectivity index is 1.65. The molecule has 0 amide bonds. The van der Waals surface area contributed by atoms with Gasteiger partial charge in [-0.25, -0.2) is 0 Å². The summed E-state index contributed by atoms with van der Waals surface area (Å²) >= 11 is 0. The minimum absolute atomic E-state index is 0.0767. The molecule has 0 aliphatic carbocycles. The van der Waals surface area contributed by atoms with Gasteiger partial charge in [-0.15, -0.1) is 0 Å². The van der Waals surface area contributed by atoms with Crippen LogP contribution in [0.25, 0.3) is 0 Å². The van der Waals surface area contributed by atoms with Crippen molar-refractivity contribution < 1.29 is 29.0 Å². The summed E-state index contributed by atoms with van der Waals surface area (Å²) in [6, 6.07) is 23.0. The molecule has 4 rings (SSSR count). The lowest BCUT2D eigenvalue weighted by Gasteiger charge is -2.17. The van der Waals surface area contributed by atoms with Crippen LogP contribution in [0.15, 0.2) is 91.0 Å². The van der Waals surface area contributed by atoms with Gasteiger partial charge < -0.3 is 14.2 Å². The lowest BCUT2D eigenvalue weighted by Crippen LogP contribution is -2.06. The van der Waals surface area contributed by atoms with Crippen LogP contribution in [0, 0.1) is 30.3 Å². The molecule has 0 saturated carbocycles. The summed E-state index contributed by atoms with van der Waals surface area (Å²) < 4.78 is 17.7. The molecule has 0 unspecified atom stereocenters. The second kappa shape index (κ2) is 12.1. The van der Waals surface area contributed by atoms with E-state index in [9.17, 15) is 30.3 Å². The molecule has 4 aromatic rings. The van der Waals surface area contributed by atoms with E-state index in [1.165, 1.54) is 24.3 Å². The van der Waals surface area contributed by atoms with Crippen LogP contribution in [0.2, 0.25) is 0 Å². The van der Waals surface area contributed by atoms with Crippen molar-refractivity contribution in [1.29, 1.82) is 0 Å². The molecule has 12 nitrogen and oxygen atoms in total. The fourth-order valence-corrected chi connectivity index (χ4v) is 3.76. The third kappa shape index (κ3) is 6.43. The van der Waals surface area contributed by atoms with Gasteiger partial charge >= 0.3 is 0 Å². The first kappa shape index (κ1) is 26.5. The standard InChI is InChI=1S/C27H21N3O9/c31-28(32)22-11-4-1-8-19(22)16-37-25-14-7-15-26(38-17-20-9-2-5-12-23(20)29(33)34)27(25)39-18-21-10-3-6-13-24(21)30(35)36/h1-15H,16-18H2. The second-order valence-electron chi connectivity index (χ2n) is 8.11. The van der Waals surface area contributed by atoms with Crippen molar-refractivity contribution in [3.8, 4) is 17.2 Å². The summed E-state index contributed by atoms with van der Waals surface area (Å²) in [4.78, 5) is 32.7. The van der Waals surface area contributed by atoms with E-state index in [-0.39, 0.29) is 54.1 Å². The number of nitro benzene ring substituents is 3. The van der Waals surface area contributed by atoms with E-state index in [2.05, 4.69) is 0 Å². The van der Waals surface area contributed by atoms with E-state index in [1.54, 1.807) is 66.7 Å². The molecule has 0 aliphatic heterocycles. The van der Waals surface area contributed by atoms with Gasteiger partial charge in [0.05, 0.1) is 31.5 Å². The molecular weight excluding hydrogens is 510 g/mol. The number of hydrogen-bond donors (Lipinski definition) is 0. The highest BCUT2D eigenvalue weighted by Crippen LogP contribution is 2.40. The largest absolute Gasteiger partial charge is 0.485 e. The van der Waals surface area contributed by atoms with Crippen LogP contribution < -0.4 is 14.2 Å². The Morgan fingerprint density at radius 3 is 1.15 bits per heavy atom. The molecule has 0 N–H and O–H groups in total. The topological polar surface area (TPSA) is 157 Å². The summed E-state index contributed by atoms with van der Waals surface area (Å²) in [5.41, 5.74) is 0.544. The number of hydrogen-bond acceptors (Lipinski definition) is 9. The number of nitrogens with zero attached hydrogens (tertiary/aromatic N) is 3. The Labute approximate surface area is 221 Å². The molecule has 198 valence electrons. The molecule has 0 atom stereocenters. The van der Waals surface area contributed by atoms with Crippen molar-refractivity contribution in [2.24, 2.45) is 0 Å². The predicted octanol–water partition coefficient (Wildman–Crippen LogP) is 6.15. The van der Waals surface area contributed by atoms with E-state index in [0.717, 1.165) is 0 Å². The minimum atomic E-state index is -0.526. The number of ether oxygens (including phenoxy) is 3. The average Bonchev–Trinajstić information content (AvgIpc) is 2.94. The van der Waals surface area contributed by atoms with Gasteiger partial charge in [-0.3, -0.25) is 30.3 Å². The Hall–Kier alpha value is -5.52. The van der Waals surface area contributed by atoms with Crippen molar-refractivity contribution in [1.82, 2.24) is 0 Å². The first-order valence-electron chi connectivity index (χ1n) is 11.5. The Morgan fingerprint density at radius 2 is 0.795 bits per heavy atom. The van der Waals surface area contributed by atoms with Gasteiger partial charge in [0.25, 0.3) is 17.1 Å². The smallest absolute Gasteiger partial charge is 0.276 e.